The molecule has 6 rings (SSSR count). The third-order valence-electron chi connectivity index (χ3n) is 7.60. The number of hydrogen-bond acceptors (Lipinski definition) is 4. The first-order valence-corrected chi connectivity index (χ1v) is 12.5. The number of fused-ring (bicyclic) bond motifs is 4. The lowest BCUT2D eigenvalue weighted by molar-refractivity contribution is -0.158. The number of nitrogens with zero attached hydrogens (tertiary/aromatic N) is 2. The van der Waals surface area contributed by atoms with Gasteiger partial charge in [-0.3, -0.25) is 9.59 Å². The van der Waals surface area contributed by atoms with Crippen LogP contribution in [-0.4, -0.2) is 59.9 Å². The molecule has 1 aromatic heterocycles. The molecule has 0 bridgehead atoms. The van der Waals surface area contributed by atoms with Gasteiger partial charge in [-0.15, -0.1) is 0 Å². The fourth-order valence-corrected chi connectivity index (χ4v) is 5.70. The number of rotatable bonds is 6. The number of para-hydroxylation sites is 1. The molecular formula is C30H29N3O4. The lowest BCUT2D eigenvalue weighted by Gasteiger charge is -2.47. The van der Waals surface area contributed by atoms with E-state index in [1.54, 1.807) is 24.0 Å². The van der Waals surface area contributed by atoms with Gasteiger partial charge in [0.2, 0.25) is 11.8 Å². The van der Waals surface area contributed by atoms with Crippen molar-refractivity contribution in [3.8, 4) is 11.5 Å². The van der Waals surface area contributed by atoms with E-state index in [-0.39, 0.29) is 24.4 Å². The van der Waals surface area contributed by atoms with Crippen LogP contribution < -0.4 is 9.47 Å². The van der Waals surface area contributed by atoms with Gasteiger partial charge in [0.1, 0.15) is 17.5 Å². The van der Waals surface area contributed by atoms with Crippen LogP contribution in [0.25, 0.3) is 10.9 Å². The number of ether oxygens (including phenoxy) is 2. The van der Waals surface area contributed by atoms with Gasteiger partial charge in [-0.25, -0.2) is 0 Å². The Morgan fingerprint density at radius 3 is 2.27 bits per heavy atom. The summed E-state index contributed by atoms with van der Waals surface area (Å²) in [6, 6.07) is 22.8. The molecule has 2 atom stereocenters. The van der Waals surface area contributed by atoms with Gasteiger partial charge in [0.15, 0.2) is 0 Å². The second-order valence-electron chi connectivity index (χ2n) is 9.62. The summed E-state index contributed by atoms with van der Waals surface area (Å²) in [6.07, 6.45) is 1.17. The van der Waals surface area contributed by atoms with Crippen molar-refractivity contribution in [3.63, 3.8) is 0 Å². The number of benzene rings is 3. The quantitative estimate of drug-likeness (QED) is 0.437. The fraction of sp³-hybridized carbons (Fsp3) is 0.267. The molecule has 1 saturated heterocycles. The fourth-order valence-electron chi connectivity index (χ4n) is 5.70. The second kappa shape index (κ2) is 9.32. The number of carbonyl (C=O) groups is 2. The van der Waals surface area contributed by atoms with Gasteiger partial charge in [0.25, 0.3) is 0 Å². The number of amides is 2. The largest absolute Gasteiger partial charge is 0.497 e. The molecule has 1 fully saturated rings. The van der Waals surface area contributed by atoms with Crippen molar-refractivity contribution >= 4 is 22.7 Å². The highest BCUT2D eigenvalue weighted by Crippen LogP contribution is 2.42. The SMILES string of the molecule is COc1ccc(CCN2CC(=O)N3C(Cc4c([nH]c5ccccc45)C3c3ccc(OC)cc3)C2=O)cc1. The van der Waals surface area contributed by atoms with Crippen LogP contribution in [0.5, 0.6) is 11.5 Å². The van der Waals surface area contributed by atoms with E-state index in [1.165, 1.54) is 0 Å². The van der Waals surface area contributed by atoms with Crippen molar-refractivity contribution in [1.29, 1.82) is 0 Å². The minimum absolute atomic E-state index is 0.00237. The van der Waals surface area contributed by atoms with E-state index in [2.05, 4.69) is 11.1 Å². The van der Waals surface area contributed by atoms with E-state index in [0.29, 0.717) is 19.4 Å². The van der Waals surface area contributed by atoms with Crippen LogP contribution >= 0.6 is 0 Å². The third-order valence-corrected chi connectivity index (χ3v) is 7.60. The Bertz CT molecular complexity index is 1460. The number of carbonyl (C=O) groups excluding carboxylic acids is 2. The molecule has 2 aliphatic heterocycles. The monoisotopic (exact) mass is 495 g/mol. The van der Waals surface area contributed by atoms with Crippen molar-refractivity contribution in [2.24, 2.45) is 0 Å². The molecule has 0 saturated carbocycles. The molecule has 0 aliphatic carbocycles. The molecule has 2 unspecified atom stereocenters. The first kappa shape index (κ1) is 23.2. The lowest BCUT2D eigenvalue weighted by atomic mass is 9.86. The molecule has 3 aromatic carbocycles. The standard InChI is InChI=1S/C30H29N3O4/c1-36-21-11-7-19(8-12-21)15-16-32-18-27(34)33-26(30(32)35)17-24-23-5-3-4-6-25(23)31-28(24)29(33)20-9-13-22(37-2)14-10-20/h3-14,26,29,31H,15-18H2,1-2H3. The summed E-state index contributed by atoms with van der Waals surface area (Å²) in [7, 11) is 3.27. The molecule has 37 heavy (non-hydrogen) atoms. The maximum Gasteiger partial charge on any atom is 0.246 e. The van der Waals surface area contributed by atoms with Gasteiger partial charge in [-0.1, -0.05) is 42.5 Å². The van der Waals surface area contributed by atoms with E-state index in [1.807, 2.05) is 66.7 Å². The Kier molecular flexibility index (Phi) is 5.83. The number of piperazine rings is 1. The van der Waals surface area contributed by atoms with E-state index < -0.39 is 6.04 Å². The minimum Gasteiger partial charge on any atom is -0.497 e. The topological polar surface area (TPSA) is 74.9 Å². The first-order chi connectivity index (χ1) is 18.1. The molecule has 4 aromatic rings. The number of methoxy groups -OCH3 is 2. The number of aromatic amines is 1. The zero-order chi connectivity index (χ0) is 25.5. The van der Waals surface area contributed by atoms with Gasteiger partial charge in [0.05, 0.1) is 26.8 Å². The van der Waals surface area contributed by atoms with Crippen molar-refractivity contribution < 1.29 is 19.1 Å². The van der Waals surface area contributed by atoms with Crippen molar-refractivity contribution in [2.75, 3.05) is 27.3 Å². The van der Waals surface area contributed by atoms with Crippen LogP contribution in [0.4, 0.5) is 0 Å². The molecule has 2 amide bonds. The van der Waals surface area contributed by atoms with Crippen LogP contribution in [0.15, 0.2) is 72.8 Å². The molecule has 0 spiro atoms. The van der Waals surface area contributed by atoms with E-state index in [4.69, 9.17) is 9.47 Å². The van der Waals surface area contributed by atoms with E-state index >= 15 is 0 Å². The predicted octanol–water partition coefficient (Wildman–Crippen LogP) is 4.11. The number of nitrogens with one attached hydrogen (secondary N) is 1. The summed E-state index contributed by atoms with van der Waals surface area (Å²) >= 11 is 0. The summed E-state index contributed by atoms with van der Waals surface area (Å²) in [4.78, 5) is 34.6. The lowest BCUT2D eigenvalue weighted by Crippen LogP contribution is -2.63. The molecule has 7 heteroatoms. The van der Waals surface area contributed by atoms with Gasteiger partial charge in [0, 0.05) is 29.6 Å². The minimum atomic E-state index is -0.545. The van der Waals surface area contributed by atoms with Crippen LogP contribution in [0.1, 0.15) is 28.4 Å². The number of hydrogen-bond donors (Lipinski definition) is 1. The Morgan fingerprint density at radius 1 is 0.892 bits per heavy atom. The van der Waals surface area contributed by atoms with E-state index in [9.17, 15) is 9.59 Å². The molecular weight excluding hydrogens is 466 g/mol. The number of H-pyrrole nitrogens is 1. The Hall–Kier alpha value is -4.26. The molecule has 0 radical (unpaired) electrons. The van der Waals surface area contributed by atoms with Crippen LogP contribution in [0.2, 0.25) is 0 Å². The summed E-state index contributed by atoms with van der Waals surface area (Å²) in [5, 5.41) is 1.10. The maximum atomic E-state index is 13.9. The summed E-state index contributed by atoms with van der Waals surface area (Å²) in [5.41, 5.74) is 5.15. The molecule has 188 valence electrons. The Balaban J connectivity index is 1.35. The molecule has 3 heterocycles. The molecule has 2 aliphatic rings. The van der Waals surface area contributed by atoms with Gasteiger partial charge in [-0.2, -0.15) is 0 Å². The Morgan fingerprint density at radius 2 is 1.57 bits per heavy atom. The highest BCUT2D eigenvalue weighted by atomic mass is 16.5. The van der Waals surface area contributed by atoms with Crippen LogP contribution in [0, 0.1) is 0 Å². The molecule has 1 N–H and O–H groups in total. The number of aromatic nitrogens is 1. The summed E-state index contributed by atoms with van der Waals surface area (Å²) in [5.74, 6) is 1.51. The highest BCUT2D eigenvalue weighted by Gasteiger charge is 2.48. The third kappa shape index (κ3) is 4.00. The second-order valence-corrected chi connectivity index (χ2v) is 9.62. The van der Waals surface area contributed by atoms with Crippen LogP contribution in [0.3, 0.4) is 0 Å². The summed E-state index contributed by atoms with van der Waals surface area (Å²) in [6.45, 7) is 0.572. The Labute approximate surface area is 215 Å². The van der Waals surface area contributed by atoms with Gasteiger partial charge < -0.3 is 24.3 Å². The van der Waals surface area contributed by atoms with Gasteiger partial charge in [-0.05, 0) is 53.4 Å². The zero-order valence-electron chi connectivity index (χ0n) is 20.9. The first-order valence-electron chi connectivity index (χ1n) is 12.5. The summed E-state index contributed by atoms with van der Waals surface area (Å²) < 4.78 is 10.6. The van der Waals surface area contributed by atoms with Crippen molar-refractivity contribution in [3.05, 3.63) is 95.2 Å². The average Bonchev–Trinajstić information content (AvgIpc) is 3.32. The zero-order valence-corrected chi connectivity index (χ0v) is 20.9. The predicted molar refractivity (Wildman–Crippen MR) is 141 cm³/mol. The average molecular weight is 496 g/mol. The normalized spacial score (nSPS) is 19.1. The van der Waals surface area contributed by atoms with Gasteiger partial charge >= 0.3 is 0 Å². The smallest absolute Gasteiger partial charge is 0.246 e. The highest BCUT2D eigenvalue weighted by molar-refractivity contribution is 5.97. The van der Waals surface area contributed by atoms with Crippen molar-refractivity contribution in [1.82, 2.24) is 14.8 Å². The maximum absolute atomic E-state index is 13.9. The van der Waals surface area contributed by atoms with Crippen LogP contribution in [-0.2, 0) is 22.4 Å². The van der Waals surface area contributed by atoms with Crippen molar-refractivity contribution in [2.45, 2.75) is 24.9 Å². The van der Waals surface area contributed by atoms with E-state index in [0.717, 1.165) is 44.8 Å². The molecule has 7 nitrogen and oxygen atoms in total.